The molecule has 6 saturated carbocycles. The fourth-order valence-corrected chi connectivity index (χ4v) is 18.5. The van der Waals surface area contributed by atoms with Gasteiger partial charge in [-0.2, -0.15) is 11.8 Å². The molecule has 6 heteroatoms. The summed E-state index contributed by atoms with van der Waals surface area (Å²) in [6, 6.07) is 13.6. The van der Waals surface area contributed by atoms with Crippen LogP contribution < -0.4 is 5.46 Å². The zero-order valence-electron chi connectivity index (χ0n) is 31.9. The monoisotopic (exact) mass is 705 g/mol. The van der Waals surface area contributed by atoms with Crippen molar-refractivity contribution >= 4 is 29.9 Å². The minimum Gasteiger partial charge on any atom is -0.374 e. The number of nitrogens with zero attached hydrogens (tertiary/aromatic N) is 3. The van der Waals surface area contributed by atoms with E-state index < -0.39 is 0 Å². The molecular weight excluding hydrogens is 641 g/mol. The van der Waals surface area contributed by atoms with Crippen LogP contribution >= 0.6 is 11.8 Å². The molecule has 11 aliphatic rings. The molecule has 17 unspecified atom stereocenters. The first-order chi connectivity index (χ1) is 24.9. The number of hydrogen-bond acceptors (Lipinski definition) is 5. The zero-order valence-corrected chi connectivity index (χ0v) is 32.7. The van der Waals surface area contributed by atoms with Crippen molar-refractivity contribution in [1.82, 2.24) is 9.80 Å². The van der Waals surface area contributed by atoms with Crippen LogP contribution in [0.25, 0.3) is 0 Å². The lowest BCUT2D eigenvalue weighted by Gasteiger charge is -2.68. The molecule has 4 saturated heterocycles. The Bertz CT molecular complexity index is 1560. The van der Waals surface area contributed by atoms with Gasteiger partial charge in [-0.05, 0) is 116 Å². The Labute approximate surface area is 313 Å². The highest BCUT2D eigenvalue weighted by atomic mass is 32.2. The van der Waals surface area contributed by atoms with Crippen molar-refractivity contribution in [3.63, 3.8) is 0 Å². The van der Waals surface area contributed by atoms with Crippen LogP contribution in [0.1, 0.15) is 135 Å². The van der Waals surface area contributed by atoms with Crippen LogP contribution in [0.15, 0.2) is 29.3 Å². The third-order valence-electron chi connectivity index (χ3n) is 18.2. The number of ether oxygens (including phenoxy) is 1. The minimum atomic E-state index is 0.205. The summed E-state index contributed by atoms with van der Waals surface area (Å²) in [6.45, 7) is 7.90. The molecule has 1 aromatic rings. The number of fused-ring (bicyclic) bond motifs is 14. The highest BCUT2D eigenvalue weighted by molar-refractivity contribution is 8.00. The van der Waals surface area contributed by atoms with Crippen LogP contribution in [0, 0.1) is 35.5 Å². The number of rotatable bonds is 1. The number of thioether (sulfide) groups is 1. The third-order valence-corrected chi connectivity index (χ3v) is 20.0. The summed E-state index contributed by atoms with van der Waals surface area (Å²) >= 11 is 2.48. The molecule has 5 aliphatic heterocycles. The Morgan fingerprint density at radius 3 is 2.37 bits per heavy atom. The Morgan fingerprint density at radius 1 is 0.686 bits per heavy atom. The first-order valence-electron chi connectivity index (χ1n) is 22.5. The molecule has 0 aromatic heterocycles. The first-order valence-corrected chi connectivity index (χ1v) is 23.4. The summed E-state index contributed by atoms with van der Waals surface area (Å²) in [5.74, 6) is 8.29. The van der Waals surface area contributed by atoms with Gasteiger partial charge in [-0.3, -0.25) is 0 Å². The van der Waals surface area contributed by atoms with Gasteiger partial charge in [0.15, 0.2) is 12.7 Å². The van der Waals surface area contributed by atoms with E-state index in [4.69, 9.17) is 9.73 Å². The molecule has 1 aromatic carbocycles. The van der Waals surface area contributed by atoms with Gasteiger partial charge in [-0.1, -0.05) is 95.4 Å². The quantitative estimate of drug-likeness (QED) is 0.273. The third kappa shape index (κ3) is 4.59. The second-order valence-corrected chi connectivity index (χ2v) is 22.6. The standard InChI is InChI=1S/C45H64BN3OS/c1-45(2,3)26-16-18-27(19-17-26)46-31-20-15-25-9-8-12-33-40(25)43(31)49(34-21-22-39-41(42(34)46)29-11-5-7-14-38(29)51-39)44-47-32-24-37-30(23-35(32)48(33)44)28-10-4-6-13-36(28)50-37/h16-19,25,28-43H,4-15,20-24H2,1-3H3. The van der Waals surface area contributed by atoms with E-state index in [1.807, 2.05) is 0 Å². The molecule has 4 nitrogen and oxygen atoms in total. The van der Waals surface area contributed by atoms with Crippen LogP contribution in [0.4, 0.5) is 0 Å². The molecule has 274 valence electrons. The fourth-order valence-electron chi connectivity index (χ4n) is 16.4. The summed E-state index contributed by atoms with van der Waals surface area (Å²) < 4.78 is 6.96. The Hall–Kier alpha value is -1.14. The van der Waals surface area contributed by atoms with E-state index in [0.717, 1.165) is 70.4 Å². The number of guanidine groups is 1. The van der Waals surface area contributed by atoms with E-state index >= 15 is 0 Å². The van der Waals surface area contributed by atoms with Gasteiger partial charge in [0.05, 0.1) is 24.3 Å². The van der Waals surface area contributed by atoms with E-state index in [1.165, 1.54) is 121 Å². The number of hydrogen-bond donors (Lipinski definition) is 0. The largest absolute Gasteiger partial charge is 0.374 e. The first kappa shape index (κ1) is 32.1. The van der Waals surface area contributed by atoms with Gasteiger partial charge >= 0.3 is 0 Å². The topological polar surface area (TPSA) is 28.1 Å². The lowest BCUT2D eigenvalue weighted by Crippen LogP contribution is -2.77. The smallest absolute Gasteiger partial charge is 0.198 e. The SMILES string of the molecule is CC(C)(C)c1ccc(B2C3CCC4CCCC5C4C3N(C3=NC4CC6OC7CCCCC7C6CC4N35)C3CCC4SC5CCCCC5C4C23)cc1. The van der Waals surface area contributed by atoms with Gasteiger partial charge in [-0.15, -0.1) is 0 Å². The maximum Gasteiger partial charge on any atom is 0.198 e. The molecule has 5 heterocycles. The van der Waals surface area contributed by atoms with Crippen molar-refractivity contribution in [2.75, 3.05) is 0 Å². The van der Waals surface area contributed by atoms with Gasteiger partial charge < -0.3 is 14.5 Å². The predicted octanol–water partition coefficient (Wildman–Crippen LogP) is 8.93. The van der Waals surface area contributed by atoms with Gasteiger partial charge in [0.25, 0.3) is 0 Å². The summed E-state index contributed by atoms with van der Waals surface area (Å²) in [6.07, 6.45) is 25.2. The summed E-state index contributed by atoms with van der Waals surface area (Å²) in [5, 5.41) is 1.82. The van der Waals surface area contributed by atoms with Gasteiger partial charge in [0, 0.05) is 34.5 Å². The van der Waals surface area contributed by atoms with Crippen LogP contribution in [0.5, 0.6) is 0 Å². The van der Waals surface area contributed by atoms with Crippen molar-refractivity contribution in [2.45, 2.75) is 200 Å². The maximum atomic E-state index is 6.96. The van der Waals surface area contributed by atoms with Crippen molar-refractivity contribution < 1.29 is 4.74 Å². The molecule has 0 N–H and O–H groups in total. The Balaban J connectivity index is 0.980. The van der Waals surface area contributed by atoms with Gasteiger partial charge in [0.1, 0.15) is 0 Å². The van der Waals surface area contributed by atoms with E-state index in [9.17, 15) is 0 Å². The second kappa shape index (κ2) is 11.7. The van der Waals surface area contributed by atoms with Crippen LogP contribution in [0.3, 0.4) is 0 Å². The van der Waals surface area contributed by atoms with E-state index in [-0.39, 0.29) is 5.41 Å². The molecule has 10 fully saturated rings. The maximum absolute atomic E-state index is 6.96. The number of benzene rings is 1. The van der Waals surface area contributed by atoms with Gasteiger partial charge in [0.2, 0.25) is 0 Å². The molecule has 0 radical (unpaired) electrons. The Morgan fingerprint density at radius 2 is 1.51 bits per heavy atom. The normalized spacial score (nSPS) is 50.5. The average molecular weight is 706 g/mol. The van der Waals surface area contributed by atoms with Crippen LogP contribution in [-0.4, -0.2) is 75.4 Å². The number of aliphatic imine (C=N–C) groups is 1. The molecule has 0 spiro atoms. The molecule has 0 bridgehead atoms. The summed E-state index contributed by atoms with van der Waals surface area (Å²) in [7, 11) is 0. The molecule has 12 rings (SSSR count). The van der Waals surface area contributed by atoms with E-state index in [2.05, 4.69) is 66.6 Å². The molecule has 17 atom stereocenters. The van der Waals surface area contributed by atoms with Crippen LogP contribution in [0.2, 0.25) is 11.6 Å². The minimum absolute atomic E-state index is 0.205. The molecular formula is C45H64BN3OS. The summed E-state index contributed by atoms with van der Waals surface area (Å²) in [4.78, 5) is 12.4. The van der Waals surface area contributed by atoms with Crippen molar-refractivity contribution in [3.8, 4) is 0 Å². The lowest BCUT2D eigenvalue weighted by molar-refractivity contribution is -0.0665. The lowest BCUT2D eigenvalue weighted by atomic mass is 9.21. The molecule has 0 amide bonds. The van der Waals surface area contributed by atoms with Crippen molar-refractivity contribution in [1.29, 1.82) is 0 Å². The highest BCUT2D eigenvalue weighted by Gasteiger charge is 2.68. The zero-order chi connectivity index (χ0) is 33.7. The van der Waals surface area contributed by atoms with Crippen LogP contribution in [-0.2, 0) is 10.2 Å². The predicted molar refractivity (Wildman–Crippen MR) is 211 cm³/mol. The highest BCUT2D eigenvalue weighted by Crippen LogP contribution is 2.66. The fraction of sp³-hybridized carbons (Fsp3) is 0.844. The Kier molecular flexibility index (Phi) is 7.37. The molecule has 51 heavy (non-hydrogen) atoms. The summed E-state index contributed by atoms with van der Waals surface area (Å²) in [5.41, 5.74) is 3.43. The molecule has 6 aliphatic carbocycles. The van der Waals surface area contributed by atoms with Gasteiger partial charge in [-0.25, -0.2) is 4.99 Å². The second-order valence-electron chi connectivity index (χ2n) is 21.1. The van der Waals surface area contributed by atoms with Crippen molar-refractivity contribution in [2.24, 2.45) is 40.5 Å². The average Bonchev–Trinajstić information content (AvgIpc) is 3.83. The van der Waals surface area contributed by atoms with Crippen molar-refractivity contribution in [3.05, 3.63) is 29.8 Å². The van der Waals surface area contributed by atoms with E-state index in [0.29, 0.717) is 36.4 Å². The van der Waals surface area contributed by atoms with E-state index in [1.54, 1.807) is 5.46 Å².